The Kier molecular flexibility index (Phi) is 4.81. The number of nitrogens with zero attached hydrogens (tertiary/aromatic N) is 2. The first kappa shape index (κ1) is 15.3. The third kappa shape index (κ3) is 3.95. The van der Waals surface area contributed by atoms with Crippen LogP contribution >= 0.6 is 11.6 Å². The predicted molar refractivity (Wildman–Crippen MR) is 85.8 cm³/mol. The molecule has 0 radical (unpaired) electrons. The van der Waals surface area contributed by atoms with E-state index in [0.29, 0.717) is 17.1 Å². The molecule has 1 heterocycles. The molecule has 1 aromatic heterocycles. The number of carbonyl (C=O) groups is 1. The van der Waals surface area contributed by atoms with E-state index in [1.165, 1.54) is 0 Å². The normalized spacial score (nSPS) is 10.3. The Balaban J connectivity index is 2.20. The second-order valence-electron chi connectivity index (χ2n) is 5.05. The van der Waals surface area contributed by atoms with Gasteiger partial charge in [0.1, 0.15) is 0 Å². The van der Waals surface area contributed by atoms with Gasteiger partial charge in [-0.25, -0.2) is 0 Å². The van der Waals surface area contributed by atoms with Gasteiger partial charge in [0.2, 0.25) is 0 Å². The van der Waals surface area contributed by atoms with E-state index in [0.717, 1.165) is 16.9 Å². The molecule has 0 atom stereocenters. The van der Waals surface area contributed by atoms with Crippen LogP contribution in [-0.2, 0) is 6.54 Å². The first-order valence-corrected chi connectivity index (χ1v) is 7.02. The molecule has 0 spiro atoms. The van der Waals surface area contributed by atoms with Gasteiger partial charge in [-0.05, 0) is 36.8 Å². The molecule has 2 rings (SSSR count). The molecule has 0 aliphatic rings. The zero-order valence-corrected chi connectivity index (χ0v) is 13.1. The highest BCUT2D eigenvalue weighted by atomic mass is 35.5. The average molecular weight is 304 g/mol. The number of rotatable bonds is 4. The molecule has 0 unspecified atom stereocenters. The van der Waals surface area contributed by atoms with Gasteiger partial charge in [0.15, 0.2) is 0 Å². The fourth-order valence-electron chi connectivity index (χ4n) is 1.89. The summed E-state index contributed by atoms with van der Waals surface area (Å²) in [5.41, 5.74) is 3.35. The summed E-state index contributed by atoms with van der Waals surface area (Å²) in [7, 11) is 3.45. The Morgan fingerprint density at radius 2 is 2.05 bits per heavy atom. The molecule has 0 aliphatic carbocycles. The van der Waals surface area contributed by atoms with E-state index in [1.54, 1.807) is 37.2 Å². The van der Waals surface area contributed by atoms with Gasteiger partial charge in [-0.1, -0.05) is 17.7 Å². The Morgan fingerprint density at radius 3 is 2.67 bits per heavy atom. The summed E-state index contributed by atoms with van der Waals surface area (Å²) in [6, 6.07) is 9.19. The highest BCUT2D eigenvalue weighted by Crippen LogP contribution is 2.22. The van der Waals surface area contributed by atoms with Crippen LogP contribution in [0.2, 0.25) is 5.02 Å². The minimum Gasteiger partial charge on any atom is -0.380 e. The smallest absolute Gasteiger partial charge is 0.255 e. The van der Waals surface area contributed by atoms with Crippen LogP contribution in [0.4, 0.5) is 5.69 Å². The van der Waals surface area contributed by atoms with Crippen molar-refractivity contribution in [3.63, 3.8) is 0 Å². The maximum Gasteiger partial charge on any atom is 0.255 e. The summed E-state index contributed by atoms with van der Waals surface area (Å²) < 4.78 is 0. The molecule has 5 heteroatoms. The fourth-order valence-corrected chi connectivity index (χ4v) is 2.06. The summed E-state index contributed by atoms with van der Waals surface area (Å²) in [6.45, 7) is 2.53. The first-order chi connectivity index (χ1) is 9.97. The maximum absolute atomic E-state index is 12.2. The molecule has 1 aromatic carbocycles. The van der Waals surface area contributed by atoms with Crippen LogP contribution in [0.25, 0.3) is 0 Å². The molecular weight excluding hydrogens is 286 g/mol. The number of benzene rings is 1. The summed E-state index contributed by atoms with van der Waals surface area (Å²) in [4.78, 5) is 18.0. The SMILES string of the molecule is Cc1ccc(CNc2cc(Cl)ccc2C(=O)N(C)C)cn1. The van der Waals surface area contributed by atoms with Gasteiger partial charge >= 0.3 is 0 Å². The molecule has 2 aromatic rings. The van der Waals surface area contributed by atoms with Gasteiger partial charge in [0.25, 0.3) is 5.91 Å². The van der Waals surface area contributed by atoms with Crippen molar-refractivity contribution in [3.05, 3.63) is 58.4 Å². The molecule has 1 N–H and O–H groups in total. The standard InChI is InChI=1S/C16H18ClN3O/c1-11-4-5-12(9-18-11)10-19-15-8-13(17)6-7-14(15)16(21)20(2)3/h4-9,19H,10H2,1-3H3. The average Bonchev–Trinajstić information content (AvgIpc) is 2.46. The molecule has 21 heavy (non-hydrogen) atoms. The zero-order valence-electron chi connectivity index (χ0n) is 12.4. The van der Waals surface area contributed by atoms with E-state index in [1.807, 2.05) is 25.3 Å². The highest BCUT2D eigenvalue weighted by Gasteiger charge is 2.13. The van der Waals surface area contributed by atoms with Crippen LogP contribution in [-0.4, -0.2) is 29.9 Å². The lowest BCUT2D eigenvalue weighted by Gasteiger charge is -2.15. The lowest BCUT2D eigenvalue weighted by Crippen LogP contribution is -2.23. The van der Waals surface area contributed by atoms with Gasteiger partial charge in [-0.3, -0.25) is 9.78 Å². The van der Waals surface area contributed by atoms with Crippen molar-refractivity contribution in [2.75, 3.05) is 19.4 Å². The number of aromatic nitrogens is 1. The second kappa shape index (κ2) is 6.59. The number of hydrogen-bond acceptors (Lipinski definition) is 3. The summed E-state index contributed by atoms with van der Waals surface area (Å²) in [5, 5.41) is 3.85. The van der Waals surface area contributed by atoms with E-state index in [2.05, 4.69) is 10.3 Å². The monoisotopic (exact) mass is 303 g/mol. The van der Waals surface area contributed by atoms with E-state index >= 15 is 0 Å². The van der Waals surface area contributed by atoms with Crippen molar-refractivity contribution >= 4 is 23.2 Å². The number of anilines is 1. The molecule has 0 fully saturated rings. The molecule has 1 amide bonds. The summed E-state index contributed by atoms with van der Waals surface area (Å²) in [6.07, 6.45) is 1.82. The molecular formula is C16H18ClN3O. The number of nitrogens with one attached hydrogen (secondary N) is 1. The minimum absolute atomic E-state index is 0.0591. The summed E-state index contributed by atoms with van der Waals surface area (Å²) in [5.74, 6) is -0.0591. The van der Waals surface area contributed by atoms with Crippen molar-refractivity contribution in [2.45, 2.75) is 13.5 Å². The number of halogens is 1. The topological polar surface area (TPSA) is 45.2 Å². The molecule has 110 valence electrons. The van der Waals surface area contributed by atoms with E-state index in [-0.39, 0.29) is 5.91 Å². The van der Waals surface area contributed by atoms with Crippen LogP contribution in [0.3, 0.4) is 0 Å². The van der Waals surface area contributed by atoms with Crippen LogP contribution < -0.4 is 5.32 Å². The lowest BCUT2D eigenvalue weighted by molar-refractivity contribution is 0.0828. The largest absolute Gasteiger partial charge is 0.380 e. The third-order valence-corrected chi connectivity index (χ3v) is 3.31. The van der Waals surface area contributed by atoms with Crippen molar-refractivity contribution in [2.24, 2.45) is 0 Å². The van der Waals surface area contributed by atoms with E-state index in [4.69, 9.17) is 11.6 Å². The van der Waals surface area contributed by atoms with Gasteiger partial charge in [0, 0.05) is 43.2 Å². The van der Waals surface area contributed by atoms with Gasteiger partial charge in [0.05, 0.1) is 5.56 Å². The Hall–Kier alpha value is -2.07. The molecule has 0 saturated carbocycles. The Morgan fingerprint density at radius 1 is 1.29 bits per heavy atom. The maximum atomic E-state index is 12.2. The van der Waals surface area contributed by atoms with Crippen molar-refractivity contribution < 1.29 is 4.79 Å². The van der Waals surface area contributed by atoms with Gasteiger partial charge in [-0.2, -0.15) is 0 Å². The van der Waals surface area contributed by atoms with Gasteiger partial charge < -0.3 is 10.2 Å². The minimum atomic E-state index is -0.0591. The number of pyridine rings is 1. The van der Waals surface area contributed by atoms with Gasteiger partial charge in [-0.15, -0.1) is 0 Å². The second-order valence-corrected chi connectivity index (χ2v) is 5.49. The molecule has 0 bridgehead atoms. The van der Waals surface area contributed by atoms with E-state index < -0.39 is 0 Å². The number of aryl methyl sites for hydroxylation is 1. The van der Waals surface area contributed by atoms with Crippen LogP contribution in [0.5, 0.6) is 0 Å². The number of carbonyl (C=O) groups excluding carboxylic acids is 1. The zero-order chi connectivity index (χ0) is 15.4. The van der Waals surface area contributed by atoms with Crippen LogP contribution in [0, 0.1) is 6.92 Å². The van der Waals surface area contributed by atoms with Crippen molar-refractivity contribution in [1.82, 2.24) is 9.88 Å². The predicted octanol–water partition coefficient (Wildman–Crippen LogP) is 3.36. The molecule has 4 nitrogen and oxygen atoms in total. The van der Waals surface area contributed by atoms with E-state index in [9.17, 15) is 4.79 Å². The summed E-state index contributed by atoms with van der Waals surface area (Å²) >= 11 is 6.03. The van der Waals surface area contributed by atoms with Crippen LogP contribution in [0.15, 0.2) is 36.5 Å². The number of amides is 1. The third-order valence-electron chi connectivity index (χ3n) is 3.07. The Bertz CT molecular complexity index is 638. The molecule has 0 aliphatic heterocycles. The number of hydrogen-bond donors (Lipinski definition) is 1. The fraction of sp³-hybridized carbons (Fsp3) is 0.250. The van der Waals surface area contributed by atoms with Crippen LogP contribution in [0.1, 0.15) is 21.6 Å². The van der Waals surface area contributed by atoms with Crippen molar-refractivity contribution in [1.29, 1.82) is 0 Å². The lowest BCUT2D eigenvalue weighted by atomic mass is 10.1. The van der Waals surface area contributed by atoms with Crippen molar-refractivity contribution in [3.8, 4) is 0 Å². The highest BCUT2D eigenvalue weighted by molar-refractivity contribution is 6.31. The molecule has 0 saturated heterocycles. The Labute approximate surface area is 129 Å². The quantitative estimate of drug-likeness (QED) is 0.942. The first-order valence-electron chi connectivity index (χ1n) is 6.64.